The summed E-state index contributed by atoms with van der Waals surface area (Å²) in [6, 6.07) is 20.0. The Morgan fingerprint density at radius 3 is 1.74 bits per heavy atom. The van der Waals surface area contributed by atoms with Crippen molar-refractivity contribution in [3.05, 3.63) is 71.8 Å². The lowest BCUT2D eigenvalue weighted by atomic mass is 9.76. The lowest BCUT2D eigenvalue weighted by Crippen LogP contribution is -2.36. The largest absolute Gasteiger partial charge is 0.467 e. The number of hydrogen-bond acceptors (Lipinski definition) is 3. The molecule has 0 amide bonds. The Labute approximate surface area is 112 Å². The molecule has 0 unspecified atom stereocenters. The van der Waals surface area contributed by atoms with Gasteiger partial charge in [0.25, 0.3) is 0 Å². The summed E-state index contributed by atoms with van der Waals surface area (Å²) in [6.45, 7) is 0. The number of carbonyl (C=O) groups excluding carboxylic acids is 1. The fourth-order valence-corrected chi connectivity index (χ4v) is 2.11. The van der Waals surface area contributed by atoms with E-state index in [9.17, 15) is 10.1 Å². The van der Waals surface area contributed by atoms with Gasteiger partial charge in [-0.15, -0.1) is 0 Å². The van der Waals surface area contributed by atoms with Crippen molar-refractivity contribution < 1.29 is 9.53 Å². The van der Waals surface area contributed by atoms with Crippen molar-refractivity contribution in [1.29, 1.82) is 5.26 Å². The van der Waals surface area contributed by atoms with Crippen LogP contribution in [0.15, 0.2) is 60.7 Å². The number of nitriles is 1. The zero-order valence-electron chi connectivity index (χ0n) is 10.5. The zero-order valence-corrected chi connectivity index (χ0v) is 10.5. The van der Waals surface area contributed by atoms with Gasteiger partial charge in [0.05, 0.1) is 13.2 Å². The molecule has 94 valence electrons. The third kappa shape index (κ3) is 2.09. The van der Waals surface area contributed by atoms with Crippen LogP contribution < -0.4 is 0 Å². The lowest BCUT2D eigenvalue weighted by molar-refractivity contribution is -0.143. The Hall–Kier alpha value is -2.60. The van der Waals surface area contributed by atoms with Crippen LogP contribution in [-0.2, 0) is 14.9 Å². The number of carbonyl (C=O) groups is 1. The molecule has 0 heterocycles. The highest BCUT2D eigenvalue weighted by Gasteiger charge is 2.43. The maximum absolute atomic E-state index is 12.2. The standard InChI is InChI=1S/C16H13NO2/c1-19-15(18)16(12-17,13-8-4-2-5-9-13)14-10-6-3-7-11-14/h2-11H,1H3. The summed E-state index contributed by atoms with van der Waals surface area (Å²) >= 11 is 0. The smallest absolute Gasteiger partial charge is 0.335 e. The number of methoxy groups -OCH3 is 1. The van der Waals surface area contributed by atoms with Crippen molar-refractivity contribution in [1.82, 2.24) is 0 Å². The first-order valence-corrected chi connectivity index (χ1v) is 5.86. The Kier molecular flexibility index (Phi) is 3.63. The second kappa shape index (κ2) is 5.36. The first-order valence-electron chi connectivity index (χ1n) is 5.86. The van der Waals surface area contributed by atoms with Crippen LogP contribution in [0.1, 0.15) is 11.1 Å². The van der Waals surface area contributed by atoms with Gasteiger partial charge in [-0.3, -0.25) is 0 Å². The molecule has 0 N–H and O–H groups in total. The van der Waals surface area contributed by atoms with Crippen LogP contribution in [0.4, 0.5) is 0 Å². The minimum absolute atomic E-state index is 0.576. The molecule has 0 aromatic heterocycles. The molecule has 0 spiro atoms. The molecular weight excluding hydrogens is 238 g/mol. The second-order valence-electron chi connectivity index (χ2n) is 4.09. The topological polar surface area (TPSA) is 50.1 Å². The molecule has 19 heavy (non-hydrogen) atoms. The van der Waals surface area contributed by atoms with E-state index in [0.717, 1.165) is 0 Å². The van der Waals surface area contributed by atoms with E-state index in [1.54, 1.807) is 48.5 Å². The highest BCUT2D eigenvalue weighted by atomic mass is 16.5. The van der Waals surface area contributed by atoms with Gasteiger partial charge in [-0.2, -0.15) is 5.26 Å². The fourth-order valence-electron chi connectivity index (χ4n) is 2.11. The number of esters is 1. The van der Waals surface area contributed by atoms with Gasteiger partial charge >= 0.3 is 5.97 Å². The maximum atomic E-state index is 12.2. The van der Waals surface area contributed by atoms with Gasteiger partial charge < -0.3 is 4.74 Å². The van der Waals surface area contributed by atoms with Crippen molar-refractivity contribution in [3.63, 3.8) is 0 Å². The number of hydrogen-bond donors (Lipinski definition) is 0. The molecule has 2 rings (SSSR count). The summed E-state index contributed by atoms with van der Waals surface area (Å²) in [5, 5.41) is 9.63. The summed E-state index contributed by atoms with van der Waals surface area (Å²) < 4.78 is 4.85. The van der Waals surface area contributed by atoms with Crippen LogP contribution in [0.3, 0.4) is 0 Å². The summed E-state index contributed by atoms with van der Waals surface area (Å²) in [7, 11) is 1.29. The van der Waals surface area contributed by atoms with Crippen molar-refractivity contribution in [2.45, 2.75) is 5.41 Å². The highest BCUT2D eigenvalue weighted by molar-refractivity contribution is 5.91. The van der Waals surface area contributed by atoms with Crippen LogP contribution >= 0.6 is 0 Å². The molecule has 0 aliphatic carbocycles. The van der Waals surface area contributed by atoms with Gasteiger partial charge in [0.1, 0.15) is 0 Å². The molecule has 3 heteroatoms. The van der Waals surface area contributed by atoms with Gasteiger partial charge in [0.2, 0.25) is 5.41 Å². The fraction of sp³-hybridized carbons (Fsp3) is 0.125. The van der Waals surface area contributed by atoms with Crippen LogP contribution in [-0.4, -0.2) is 13.1 Å². The molecule has 2 aromatic rings. The van der Waals surface area contributed by atoms with E-state index in [1.165, 1.54) is 7.11 Å². The average molecular weight is 251 g/mol. The average Bonchev–Trinajstić information content (AvgIpc) is 2.50. The third-order valence-electron chi connectivity index (χ3n) is 3.07. The van der Waals surface area contributed by atoms with Crippen molar-refractivity contribution in [2.75, 3.05) is 7.11 Å². The van der Waals surface area contributed by atoms with Crippen LogP contribution in [0, 0.1) is 11.3 Å². The normalized spacial score (nSPS) is 10.5. The number of benzene rings is 2. The van der Waals surface area contributed by atoms with E-state index in [-0.39, 0.29) is 0 Å². The first-order chi connectivity index (χ1) is 9.25. The van der Waals surface area contributed by atoms with Crippen molar-refractivity contribution in [3.8, 4) is 6.07 Å². The van der Waals surface area contributed by atoms with Gasteiger partial charge in [0, 0.05) is 0 Å². The van der Waals surface area contributed by atoms with Gasteiger partial charge in [-0.1, -0.05) is 60.7 Å². The highest BCUT2D eigenvalue weighted by Crippen LogP contribution is 2.32. The van der Waals surface area contributed by atoms with E-state index < -0.39 is 11.4 Å². The van der Waals surface area contributed by atoms with E-state index in [4.69, 9.17) is 4.74 Å². The van der Waals surface area contributed by atoms with Gasteiger partial charge in [-0.25, -0.2) is 4.79 Å². The molecule has 3 nitrogen and oxygen atoms in total. The molecule has 0 fully saturated rings. The van der Waals surface area contributed by atoms with Gasteiger partial charge in [0.15, 0.2) is 0 Å². The molecule has 0 bridgehead atoms. The molecule has 0 atom stereocenters. The second-order valence-corrected chi connectivity index (χ2v) is 4.09. The Morgan fingerprint density at radius 1 is 1.00 bits per heavy atom. The van der Waals surface area contributed by atoms with Crippen molar-refractivity contribution in [2.24, 2.45) is 0 Å². The summed E-state index contributed by atoms with van der Waals surface area (Å²) in [4.78, 5) is 12.2. The lowest BCUT2D eigenvalue weighted by Gasteiger charge is -2.24. The summed E-state index contributed by atoms with van der Waals surface area (Å²) in [5.74, 6) is -0.576. The minimum Gasteiger partial charge on any atom is -0.467 e. The zero-order chi connectivity index (χ0) is 13.7. The maximum Gasteiger partial charge on any atom is 0.335 e. The van der Waals surface area contributed by atoms with Crippen LogP contribution in [0.25, 0.3) is 0 Å². The van der Waals surface area contributed by atoms with E-state index in [1.807, 2.05) is 12.1 Å². The Bertz CT molecular complexity index is 560. The van der Waals surface area contributed by atoms with Crippen molar-refractivity contribution >= 4 is 5.97 Å². The molecule has 0 saturated carbocycles. The minimum atomic E-state index is -1.42. The Balaban J connectivity index is 2.70. The predicted octanol–water partition coefficient (Wildman–Crippen LogP) is 2.67. The monoisotopic (exact) mass is 251 g/mol. The summed E-state index contributed by atoms with van der Waals surface area (Å²) in [5.41, 5.74) is -0.205. The van der Waals surface area contributed by atoms with E-state index >= 15 is 0 Å². The first kappa shape index (κ1) is 12.8. The molecule has 0 aliphatic heterocycles. The molecule has 0 saturated heterocycles. The summed E-state index contributed by atoms with van der Waals surface area (Å²) in [6.07, 6.45) is 0. The van der Waals surface area contributed by atoms with E-state index in [0.29, 0.717) is 11.1 Å². The van der Waals surface area contributed by atoms with E-state index in [2.05, 4.69) is 6.07 Å². The quantitative estimate of drug-likeness (QED) is 0.788. The third-order valence-corrected chi connectivity index (χ3v) is 3.07. The predicted molar refractivity (Wildman–Crippen MR) is 71.3 cm³/mol. The van der Waals surface area contributed by atoms with Crippen LogP contribution in [0.2, 0.25) is 0 Å². The van der Waals surface area contributed by atoms with Crippen LogP contribution in [0.5, 0.6) is 0 Å². The molecule has 2 aromatic carbocycles. The molecular formula is C16H13NO2. The number of rotatable bonds is 3. The SMILES string of the molecule is COC(=O)C(C#N)(c1ccccc1)c1ccccc1. The molecule has 0 radical (unpaired) electrons. The number of nitrogens with zero attached hydrogens (tertiary/aromatic N) is 1. The molecule has 0 aliphatic rings. The Morgan fingerprint density at radius 2 is 1.42 bits per heavy atom. The number of ether oxygens (including phenoxy) is 1. The van der Waals surface area contributed by atoms with Gasteiger partial charge in [-0.05, 0) is 11.1 Å².